The lowest BCUT2D eigenvalue weighted by atomic mass is 10.3. The number of hydrogen-bond acceptors (Lipinski definition) is 5. The molecule has 1 unspecified atom stereocenters. The number of nitrogens with two attached hydrogens (primary N) is 1. The first-order valence-corrected chi connectivity index (χ1v) is 7.57. The van der Waals surface area contributed by atoms with Crippen LogP contribution in [0.5, 0.6) is 0 Å². The van der Waals surface area contributed by atoms with Crippen molar-refractivity contribution in [3.63, 3.8) is 0 Å². The maximum Gasteiger partial charge on any atom is 0.243 e. The highest BCUT2D eigenvalue weighted by atomic mass is 32.2. The molecule has 3 N–H and O–H groups in total. The monoisotopic (exact) mass is 303 g/mol. The number of nitrogens with one attached hydrogen (secondary N) is 1. The third kappa shape index (κ3) is 4.20. The molecule has 106 valence electrons. The van der Waals surface area contributed by atoms with Crippen molar-refractivity contribution in [2.24, 2.45) is 5.73 Å². The van der Waals surface area contributed by atoms with E-state index >= 15 is 0 Å². The van der Waals surface area contributed by atoms with Gasteiger partial charge in [0.2, 0.25) is 10.0 Å². The zero-order valence-corrected chi connectivity index (χ0v) is 12.4. The van der Waals surface area contributed by atoms with Gasteiger partial charge in [0.25, 0.3) is 0 Å². The summed E-state index contributed by atoms with van der Waals surface area (Å²) >= 11 is 4.81. The lowest BCUT2D eigenvalue weighted by Crippen LogP contribution is -2.38. The molecule has 8 heteroatoms. The number of aromatic nitrogens is 1. The first-order chi connectivity index (χ1) is 8.92. The zero-order valence-electron chi connectivity index (χ0n) is 10.8. The molecule has 1 aromatic rings. The van der Waals surface area contributed by atoms with E-state index < -0.39 is 10.0 Å². The smallest absolute Gasteiger partial charge is 0.243 e. The maximum atomic E-state index is 12.3. The molecule has 0 spiro atoms. The molecule has 0 bridgehead atoms. The van der Waals surface area contributed by atoms with Crippen molar-refractivity contribution in [1.29, 1.82) is 0 Å². The second-order valence-electron chi connectivity index (χ2n) is 3.90. The molecule has 0 fully saturated rings. The van der Waals surface area contributed by atoms with Crippen LogP contribution in [0.15, 0.2) is 23.2 Å². The molecule has 0 amide bonds. The van der Waals surface area contributed by atoms with Gasteiger partial charge in [0.1, 0.15) is 15.6 Å². The lowest BCUT2D eigenvalue weighted by Gasteiger charge is -2.17. The van der Waals surface area contributed by atoms with E-state index in [4.69, 9.17) is 22.7 Å². The molecule has 0 saturated carbocycles. The van der Waals surface area contributed by atoms with E-state index in [-0.39, 0.29) is 21.6 Å². The van der Waals surface area contributed by atoms with Gasteiger partial charge in [-0.3, -0.25) is 4.98 Å². The predicted molar refractivity (Wildman–Crippen MR) is 76.4 cm³/mol. The van der Waals surface area contributed by atoms with Gasteiger partial charge in [0.05, 0.1) is 6.61 Å². The van der Waals surface area contributed by atoms with E-state index in [1.165, 1.54) is 25.4 Å². The summed E-state index contributed by atoms with van der Waals surface area (Å²) < 4.78 is 32.1. The van der Waals surface area contributed by atoms with Gasteiger partial charge in [0, 0.05) is 19.3 Å². The fourth-order valence-electron chi connectivity index (χ4n) is 1.51. The fraction of sp³-hybridized carbons (Fsp3) is 0.455. The molecule has 0 aromatic carbocycles. The number of ether oxygens (including phenoxy) is 1. The van der Waals surface area contributed by atoms with Crippen LogP contribution in [0.4, 0.5) is 0 Å². The Morgan fingerprint density at radius 1 is 1.63 bits per heavy atom. The second-order valence-corrected chi connectivity index (χ2v) is 6.02. The molecular formula is C11H17N3O3S2. The highest BCUT2D eigenvalue weighted by Gasteiger charge is 2.23. The number of thiocarbonyl (C=S) groups is 1. The second kappa shape index (κ2) is 6.90. The summed E-state index contributed by atoms with van der Waals surface area (Å²) in [5, 5.41) is 0. The molecule has 1 heterocycles. The topological polar surface area (TPSA) is 94.3 Å². The Hall–Kier alpha value is -1.09. The Morgan fingerprint density at radius 3 is 2.84 bits per heavy atom. The van der Waals surface area contributed by atoms with Gasteiger partial charge in [-0.1, -0.05) is 19.1 Å². The summed E-state index contributed by atoms with van der Waals surface area (Å²) in [6.45, 7) is 2.16. The Balaban J connectivity index is 3.10. The van der Waals surface area contributed by atoms with Gasteiger partial charge in [-0.2, -0.15) is 0 Å². The number of nitrogens with zero attached hydrogens (tertiary/aromatic N) is 1. The number of methoxy groups -OCH3 is 1. The van der Waals surface area contributed by atoms with Crippen LogP contribution in [-0.4, -0.2) is 38.1 Å². The molecular weight excluding hydrogens is 286 g/mol. The van der Waals surface area contributed by atoms with E-state index in [1.807, 2.05) is 6.92 Å². The van der Waals surface area contributed by atoms with E-state index in [0.29, 0.717) is 13.0 Å². The average Bonchev–Trinajstić information content (AvgIpc) is 2.38. The van der Waals surface area contributed by atoms with Crippen LogP contribution in [0.25, 0.3) is 0 Å². The Morgan fingerprint density at radius 2 is 2.32 bits per heavy atom. The van der Waals surface area contributed by atoms with Gasteiger partial charge in [0.15, 0.2) is 0 Å². The minimum absolute atomic E-state index is 0.0166. The summed E-state index contributed by atoms with van der Waals surface area (Å²) in [6.07, 6.45) is 2.05. The molecule has 0 aliphatic rings. The van der Waals surface area contributed by atoms with E-state index in [2.05, 4.69) is 9.71 Å². The molecule has 0 saturated heterocycles. The SMILES string of the molecule is CCC(COC)NS(=O)(=O)c1cccnc1C(N)=S. The van der Waals surface area contributed by atoms with Gasteiger partial charge >= 0.3 is 0 Å². The van der Waals surface area contributed by atoms with Crippen LogP contribution in [0.1, 0.15) is 19.0 Å². The van der Waals surface area contributed by atoms with Crippen molar-refractivity contribution in [2.75, 3.05) is 13.7 Å². The van der Waals surface area contributed by atoms with Crippen molar-refractivity contribution in [3.05, 3.63) is 24.0 Å². The van der Waals surface area contributed by atoms with E-state index in [9.17, 15) is 8.42 Å². The average molecular weight is 303 g/mol. The van der Waals surface area contributed by atoms with E-state index in [0.717, 1.165) is 0 Å². The molecule has 0 aliphatic carbocycles. The van der Waals surface area contributed by atoms with Crippen molar-refractivity contribution in [3.8, 4) is 0 Å². The summed E-state index contributed by atoms with van der Waals surface area (Å²) in [5.41, 5.74) is 5.58. The highest BCUT2D eigenvalue weighted by molar-refractivity contribution is 7.89. The largest absolute Gasteiger partial charge is 0.388 e. The van der Waals surface area contributed by atoms with Gasteiger partial charge in [-0.05, 0) is 18.6 Å². The van der Waals surface area contributed by atoms with Crippen LogP contribution >= 0.6 is 12.2 Å². The molecule has 1 rings (SSSR count). The Kier molecular flexibility index (Phi) is 5.80. The standard InChI is InChI=1S/C11H17N3O3S2/c1-3-8(7-17-2)14-19(15,16)9-5-4-6-13-10(9)11(12)18/h4-6,8,14H,3,7H2,1-2H3,(H2,12,18). The normalized spacial score (nSPS) is 13.2. The predicted octanol–water partition coefficient (Wildman–Crippen LogP) is 0.419. The molecule has 0 radical (unpaired) electrons. The third-order valence-electron chi connectivity index (χ3n) is 2.48. The number of rotatable bonds is 7. The van der Waals surface area contributed by atoms with Crippen molar-refractivity contribution in [2.45, 2.75) is 24.3 Å². The summed E-state index contributed by atoms with van der Waals surface area (Å²) in [6, 6.07) is 2.63. The van der Waals surface area contributed by atoms with Crippen molar-refractivity contribution in [1.82, 2.24) is 9.71 Å². The molecule has 6 nitrogen and oxygen atoms in total. The lowest BCUT2D eigenvalue weighted by molar-refractivity contribution is 0.173. The van der Waals surface area contributed by atoms with E-state index in [1.54, 1.807) is 0 Å². The van der Waals surface area contributed by atoms with Crippen molar-refractivity contribution < 1.29 is 13.2 Å². The zero-order chi connectivity index (χ0) is 14.5. The van der Waals surface area contributed by atoms with Crippen LogP contribution in [0.3, 0.4) is 0 Å². The minimum Gasteiger partial charge on any atom is -0.388 e. The van der Waals surface area contributed by atoms with Gasteiger partial charge < -0.3 is 10.5 Å². The molecule has 1 atom stereocenters. The third-order valence-corrected chi connectivity index (χ3v) is 4.22. The maximum absolute atomic E-state index is 12.3. The van der Waals surface area contributed by atoms with Crippen LogP contribution < -0.4 is 10.5 Å². The Labute approximate surface area is 118 Å². The summed E-state index contributed by atoms with van der Waals surface area (Å²) in [4.78, 5) is 3.84. The number of pyridine rings is 1. The van der Waals surface area contributed by atoms with Crippen LogP contribution in [-0.2, 0) is 14.8 Å². The van der Waals surface area contributed by atoms with Crippen LogP contribution in [0, 0.1) is 0 Å². The van der Waals surface area contributed by atoms with Crippen molar-refractivity contribution >= 4 is 27.2 Å². The number of sulfonamides is 1. The molecule has 0 aliphatic heterocycles. The van der Waals surface area contributed by atoms with Gasteiger partial charge in [-0.15, -0.1) is 0 Å². The fourth-order valence-corrected chi connectivity index (χ4v) is 3.21. The first kappa shape index (κ1) is 16.0. The summed E-state index contributed by atoms with van der Waals surface area (Å²) in [5.74, 6) is 0. The molecule has 19 heavy (non-hydrogen) atoms. The van der Waals surface area contributed by atoms with Gasteiger partial charge in [-0.25, -0.2) is 13.1 Å². The summed E-state index contributed by atoms with van der Waals surface area (Å²) in [7, 11) is -2.21. The quantitative estimate of drug-likeness (QED) is 0.709. The first-order valence-electron chi connectivity index (χ1n) is 5.68. The highest BCUT2D eigenvalue weighted by Crippen LogP contribution is 2.13. The van der Waals surface area contributed by atoms with Crippen LogP contribution in [0.2, 0.25) is 0 Å². The number of hydrogen-bond donors (Lipinski definition) is 2. The minimum atomic E-state index is -3.73. The molecule has 1 aromatic heterocycles. The Bertz CT molecular complexity index is 546.